The molecular weight excluding hydrogens is 338 g/mol. The molecule has 5 heteroatoms. The average molecular weight is 361 g/mol. The van der Waals surface area contributed by atoms with E-state index in [9.17, 15) is 4.79 Å². The molecule has 0 aliphatic rings. The van der Waals surface area contributed by atoms with Crippen molar-refractivity contribution in [3.8, 4) is 17.5 Å². The predicted octanol–water partition coefficient (Wildman–Crippen LogP) is 3.71. The minimum Gasteiger partial charge on any atom is -0.461 e. The summed E-state index contributed by atoms with van der Waals surface area (Å²) in [4.78, 5) is 16.5. The maximum absolute atomic E-state index is 12.1. The van der Waals surface area contributed by atoms with E-state index < -0.39 is 0 Å². The van der Waals surface area contributed by atoms with Crippen LogP contribution in [0.25, 0.3) is 5.69 Å². The molecule has 5 nitrogen and oxygen atoms in total. The van der Waals surface area contributed by atoms with Crippen molar-refractivity contribution in [2.24, 2.45) is 7.05 Å². The first-order valence-electron chi connectivity index (χ1n) is 8.90. The van der Waals surface area contributed by atoms with Crippen molar-refractivity contribution in [1.82, 2.24) is 14.1 Å². The number of hydrogen-bond donors (Lipinski definition) is 0. The number of aromatic nitrogens is 3. The van der Waals surface area contributed by atoms with Crippen LogP contribution in [0.2, 0.25) is 0 Å². The summed E-state index contributed by atoms with van der Waals surface area (Å²) in [6, 6.07) is 12.3. The molecule has 3 aromatic rings. The smallest absolute Gasteiger partial charge is 0.356 e. The highest BCUT2D eigenvalue weighted by atomic mass is 16.5. The summed E-state index contributed by atoms with van der Waals surface area (Å²) in [5.74, 6) is 6.39. The van der Waals surface area contributed by atoms with Gasteiger partial charge in [0.15, 0.2) is 11.5 Å². The van der Waals surface area contributed by atoms with Gasteiger partial charge in [0.05, 0.1) is 12.3 Å². The molecule has 0 bridgehead atoms. The minimum atomic E-state index is -0.376. The van der Waals surface area contributed by atoms with Crippen LogP contribution in [0.3, 0.4) is 0 Å². The van der Waals surface area contributed by atoms with Crippen LogP contribution in [0.5, 0.6) is 0 Å². The molecule has 0 radical (unpaired) electrons. The maximum atomic E-state index is 12.1. The van der Waals surface area contributed by atoms with Crippen LogP contribution in [-0.2, 0) is 11.8 Å². The van der Waals surface area contributed by atoms with Crippen molar-refractivity contribution >= 4 is 5.97 Å². The van der Waals surface area contributed by atoms with Gasteiger partial charge in [-0.05, 0) is 63.9 Å². The Morgan fingerprint density at radius 1 is 1.11 bits per heavy atom. The van der Waals surface area contributed by atoms with Gasteiger partial charge in [0.2, 0.25) is 0 Å². The van der Waals surface area contributed by atoms with E-state index in [4.69, 9.17) is 4.74 Å². The van der Waals surface area contributed by atoms with Gasteiger partial charge in [-0.15, -0.1) is 0 Å². The second-order valence-corrected chi connectivity index (χ2v) is 6.40. The summed E-state index contributed by atoms with van der Waals surface area (Å²) in [5, 5.41) is 0. The van der Waals surface area contributed by atoms with Crippen molar-refractivity contribution in [2.45, 2.75) is 27.7 Å². The Kier molecular flexibility index (Phi) is 5.18. The molecule has 2 aromatic heterocycles. The van der Waals surface area contributed by atoms with Crippen LogP contribution in [-0.4, -0.2) is 26.7 Å². The van der Waals surface area contributed by atoms with E-state index in [1.807, 2.05) is 12.1 Å². The number of esters is 1. The Morgan fingerprint density at radius 3 is 2.48 bits per heavy atom. The number of hydrogen-bond acceptors (Lipinski definition) is 3. The monoisotopic (exact) mass is 361 g/mol. The lowest BCUT2D eigenvalue weighted by molar-refractivity contribution is 0.0514. The fourth-order valence-electron chi connectivity index (χ4n) is 3.16. The van der Waals surface area contributed by atoms with E-state index in [0.29, 0.717) is 23.8 Å². The second kappa shape index (κ2) is 7.55. The molecule has 1 aromatic carbocycles. The molecular formula is C22H23N3O2. The van der Waals surface area contributed by atoms with Gasteiger partial charge in [-0.3, -0.25) is 0 Å². The van der Waals surface area contributed by atoms with Gasteiger partial charge in [0.1, 0.15) is 0 Å². The lowest BCUT2D eigenvalue weighted by atomic mass is 10.2. The Balaban J connectivity index is 1.95. The van der Waals surface area contributed by atoms with E-state index in [0.717, 1.165) is 11.3 Å². The van der Waals surface area contributed by atoms with Crippen molar-refractivity contribution < 1.29 is 9.53 Å². The third kappa shape index (κ3) is 3.65. The Morgan fingerprint density at radius 2 is 1.81 bits per heavy atom. The van der Waals surface area contributed by atoms with Gasteiger partial charge >= 0.3 is 5.97 Å². The summed E-state index contributed by atoms with van der Waals surface area (Å²) >= 11 is 0. The fourth-order valence-corrected chi connectivity index (χ4v) is 3.16. The molecule has 0 N–H and O–H groups in total. The lowest BCUT2D eigenvalue weighted by Crippen LogP contribution is -2.11. The Labute approximate surface area is 159 Å². The van der Waals surface area contributed by atoms with Crippen molar-refractivity contribution in [3.63, 3.8) is 0 Å². The number of ether oxygens (including phenoxy) is 1. The van der Waals surface area contributed by atoms with Gasteiger partial charge in [0, 0.05) is 29.7 Å². The number of rotatable bonds is 3. The third-order valence-electron chi connectivity index (χ3n) is 4.43. The zero-order valence-electron chi connectivity index (χ0n) is 16.3. The zero-order valence-corrected chi connectivity index (χ0v) is 16.3. The van der Waals surface area contributed by atoms with E-state index in [1.54, 1.807) is 25.5 Å². The highest BCUT2D eigenvalue weighted by Crippen LogP contribution is 2.17. The van der Waals surface area contributed by atoms with Crippen LogP contribution in [0, 0.1) is 32.6 Å². The lowest BCUT2D eigenvalue weighted by Gasteiger charge is -2.09. The topological polar surface area (TPSA) is 49.0 Å². The third-order valence-corrected chi connectivity index (χ3v) is 4.43. The number of benzene rings is 1. The SMILES string of the molecule is CCOC(=O)c1c(C)nc(C#Cc2cccc(-n3c(C)ccc3C)c2)n1C. The van der Waals surface area contributed by atoms with E-state index in [1.165, 1.54) is 11.4 Å². The number of aryl methyl sites for hydroxylation is 3. The van der Waals surface area contributed by atoms with Gasteiger partial charge < -0.3 is 13.9 Å². The van der Waals surface area contributed by atoms with E-state index in [-0.39, 0.29) is 5.97 Å². The van der Waals surface area contributed by atoms with Crippen LogP contribution in [0.4, 0.5) is 0 Å². The maximum Gasteiger partial charge on any atom is 0.356 e. The standard InChI is InChI=1S/C22H23N3O2/c1-6-27-22(26)21-17(4)23-20(24(21)5)13-12-18-8-7-9-19(14-18)25-15(2)10-11-16(25)3/h7-11,14H,6H2,1-5H3. The van der Waals surface area contributed by atoms with Crippen molar-refractivity contribution in [3.05, 3.63) is 70.6 Å². The van der Waals surface area contributed by atoms with Gasteiger partial charge in [0.25, 0.3) is 0 Å². The minimum absolute atomic E-state index is 0.329. The molecule has 0 aliphatic heterocycles. The van der Waals surface area contributed by atoms with Crippen LogP contribution in [0.15, 0.2) is 36.4 Å². The van der Waals surface area contributed by atoms with Crippen LogP contribution >= 0.6 is 0 Å². The summed E-state index contributed by atoms with van der Waals surface area (Å²) in [6.07, 6.45) is 0. The molecule has 138 valence electrons. The highest BCUT2D eigenvalue weighted by molar-refractivity contribution is 5.89. The molecule has 0 amide bonds. The van der Waals surface area contributed by atoms with E-state index >= 15 is 0 Å². The van der Waals surface area contributed by atoms with Crippen LogP contribution < -0.4 is 0 Å². The number of nitrogens with zero attached hydrogens (tertiary/aromatic N) is 3. The predicted molar refractivity (Wildman–Crippen MR) is 105 cm³/mol. The largest absolute Gasteiger partial charge is 0.461 e. The number of carbonyl (C=O) groups is 1. The quantitative estimate of drug-likeness (QED) is 0.528. The molecule has 27 heavy (non-hydrogen) atoms. The molecule has 0 spiro atoms. The highest BCUT2D eigenvalue weighted by Gasteiger charge is 2.18. The zero-order chi connectivity index (χ0) is 19.6. The number of imidazole rings is 1. The van der Waals surface area contributed by atoms with Crippen LogP contribution in [0.1, 0.15) is 45.9 Å². The summed E-state index contributed by atoms with van der Waals surface area (Å²) in [7, 11) is 1.78. The second-order valence-electron chi connectivity index (χ2n) is 6.40. The summed E-state index contributed by atoms with van der Waals surface area (Å²) in [5.41, 5.74) is 5.37. The first-order chi connectivity index (χ1) is 12.9. The van der Waals surface area contributed by atoms with Gasteiger partial charge in [-0.25, -0.2) is 9.78 Å². The van der Waals surface area contributed by atoms with E-state index in [2.05, 4.69) is 59.5 Å². The molecule has 0 saturated heterocycles. The molecule has 0 aliphatic carbocycles. The first kappa shape index (κ1) is 18.5. The molecule has 0 saturated carbocycles. The molecule has 2 heterocycles. The normalized spacial score (nSPS) is 10.4. The summed E-state index contributed by atoms with van der Waals surface area (Å²) < 4.78 is 8.97. The molecule has 0 unspecified atom stereocenters. The molecule has 3 rings (SSSR count). The first-order valence-corrected chi connectivity index (χ1v) is 8.90. The fraction of sp³-hybridized carbons (Fsp3) is 0.273. The van der Waals surface area contributed by atoms with Gasteiger partial charge in [-0.1, -0.05) is 12.0 Å². The molecule has 0 atom stereocenters. The Bertz CT molecular complexity index is 1040. The number of carbonyl (C=O) groups excluding carboxylic acids is 1. The summed E-state index contributed by atoms with van der Waals surface area (Å²) in [6.45, 7) is 8.06. The van der Waals surface area contributed by atoms with Crippen molar-refractivity contribution in [1.29, 1.82) is 0 Å². The molecule has 0 fully saturated rings. The Hall–Kier alpha value is -3.26. The van der Waals surface area contributed by atoms with Crippen molar-refractivity contribution in [2.75, 3.05) is 6.61 Å². The van der Waals surface area contributed by atoms with Gasteiger partial charge in [-0.2, -0.15) is 0 Å². The average Bonchev–Trinajstić information content (AvgIpc) is 3.11.